The minimum Gasteiger partial charge on any atom is -0.394 e. The quantitative estimate of drug-likeness (QED) is 0.332. The summed E-state index contributed by atoms with van der Waals surface area (Å²) >= 11 is 0. The molecule has 0 saturated carbocycles. The Morgan fingerprint density at radius 1 is 1.43 bits per heavy atom. The number of rotatable bonds is 6. The summed E-state index contributed by atoms with van der Waals surface area (Å²) in [6.45, 7) is -0.807. The van der Waals surface area contributed by atoms with Gasteiger partial charge in [0.05, 0.1) is 12.9 Å². The molecule has 0 aliphatic heterocycles. The molecule has 0 radical (unpaired) electrons. The van der Waals surface area contributed by atoms with Crippen LogP contribution in [0.4, 0.5) is 0 Å². The van der Waals surface area contributed by atoms with E-state index in [1.165, 1.54) is 0 Å². The normalized spacial score (nSPS) is 18.6. The molecule has 0 aliphatic rings. The second-order valence-corrected chi connectivity index (χ2v) is 4.24. The van der Waals surface area contributed by atoms with Crippen molar-refractivity contribution < 1.29 is 32.7 Å². The third kappa shape index (κ3) is 4.63. The van der Waals surface area contributed by atoms with Crippen LogP contribution in [0.3, 0.4) is 0 Å². The van der Waals surface area contributed by atoms with E-state index in [4.69, 9.17) is 15.3 Å². The van der Waals surface area contributed by atoms with Crippen molar-refractivity contribution in [1.82, 2.24) is 0 Å². The van der Waals surface area contributed by atoms with Crippen molar-refractivity contribution in [1.29, 1.82) is 0 Å². The monoisotopic (exact) mass is 228 g/mol. The Kier molecular flexibility index (Phi) is 5.16. The van der Waals surface area contributed by atoms with Gasteiger partial charge in [-0.05, 0) is 0 Å². The fraction of sp³-hybridized carbons (Fsp3) is 0.833. The first-order valence-corrected chi connectivity index (χ1v) is 5.44. The lowest BCUT2D eigenvalue weighted by molar-refractivity contribution is -0.124. The Hall–Kier alpha value is -0.540. The fourth-order valence-electron chi connectivity index (χ4n) is 0.689. The van der Waals surface area contributed by atoms with Gasteiger partial charge in [-0.1, -0.05) is 0 Å². The SMILES string of the molecule is CS(=O)(=O)O[C@H](C=O)[C@@H](O)[C@@H](O)CO. The predicted octanol–water partition coefficient (Wildman–Crippen LogP) is -2.76. The van der Waals surface area contributed by atoms with E-state index in [0.29, 0.717) is 6.26 Å². The molecule has 0 unspecified atom stereocenters. The maximum absolute atomic E-state index is 10.6. The summed E-state index contributed by atoms with van der Waals surface area (Å²) in [6, 6.07) is 0. The molecule has 0 fully saturated rings. The van der Waals surface area contributed by atoms with Crippen molar-refractivity contribution in [3.63, 3.8) is 0 Å². The minimum absolute atomic E-state index is 0.0323. The lowest BCUT2D eigenvalue weighted by Crippen LogP contribution is -2.42. The molecule has 84 valence electrons. The highest BCUT2D eigenvalue weighted by atomic mass is 32.2. The van der Waals surface area contributed by atoms with Gasteiger partial charge in [0.1, 0.15) is 12.2 Å². The van der Waals surface area contributed by atoms with E-state index in [0.717, 1.165) is 0 Å². The van der Waals surface area contributed by atoms with Gasteiger partial charge in [0.25, 0.3) is 10.1 Å². The van der Waals surface area contributed by atoms with Gasteiger partial charge in [-0.3, -0.25) is 4.18 Å². The molecule has 0 rings (SSSR count). The van der Waals surface area contributed by atoms with Gasteiger partial charge in [-0.15, -0.1) is 0 Å². The molecule has 0 aromatic heterocycles. The Labute approximate surface area is 81.1 Å². The molecule has 3 atom stereocenters. The maximum Gasteiger partial charge on any atom is 0.265 e. The number of hydrogen-bond donors (Lipinski definition) is 3. The third-order valence-corrected chi connectivity index (χ3v) is 1.91. The van der Waals surface area contributed by atoms with Gasteiger partial charge < -0.3 is 20.1 Å². The number of aliphatic hydroxyl groups is 3. The molecule has 0 heterocycles. The summed E-state index contributed by atoms with van der Waals surface area (Å²) in [5, 5.41) is 26.4. The maximum atomic E-state index is 10.6. The van der Waals surface area contributed by atoms with Gasteiger partial charge in [0.15, 0.2) is 12.4 Å². The smallest absolute Gasteiger partial charge is 0.265 e. The van der Waals surface area contributed by atoms with Crippen molar-refractivity contribution in [3.05, 3.63) is 0 Å². The van der Waals surface area contributed by atoms with Crippen molar-refractivity contribution >= 4 is 16.4 Å². The summed E-state index contributed by atoms with van der Waals surface area (Å²) < 4.78 is 25.3. The minimum atomic E-state index is -3.91. The van der Waals surface area contributed by atoms with Crippen LogP contribution in [0, 0.1) is 0 Å². The van der Waals surface area contributed by atoms with E-state index in [1.807, 2.05) is 0 Å². The van der Waals surface area contributed by atoms with Crippen LogP contribution in [0.15, 0.2) is 0 Å². The molecule has 0 aliphatic carbocycles. The van der Waals surface area contributed by atoms with Crippen molar-refractivity contribution in [2.24, 2.45) is 0 Å². The second kappa shape index (κ2) is 5.37. The van der Waals surface area contributed by atoms with Gasteiger partial charge in [-0.2, -0.15) is 8.42 Å². The van der Waals surface area contributed by atoms with Crippen LogP contribution < -0.4 is 0 Å². The molecule has 0 saturated heterocycles. The zero-order valence-electron chi connectivity index (χ0n) is 7.40. The number of hydrogen-bond acceptors (Lipinski definition) is 7. The van der Waals surface area contributed by atoms with Crippen LogP contribution in [-0.2, 0) is 19.1 Å². The molecule has 8 heteroatoms. The van der Waals surface area contributed by atoms with Gasteiger partial charge in [0.2, 0.25) is 0 Å². The average Bonchev–Trinajstić information content (AvgIpc) is 2.10. The first-order valence-electron chi connectivity index (χ1n) is 3.62. The highest BCUT2D eigenvalue weighted by molar-refractivity contribution is 7.86. The highest BCUT2D eigenvalue weighted by Crippen LogP contribution is 2.05. The van der Waals surface area contributed by atoms with E-state index in [9.17, 15) is 13.2 Å². The van der Waals surface area contributed by atoms with Crippen LogP contribution >= 0.6 is 0 Å². The van der Waals surface area contributed by atoms with Crippen LogP contribution in [0.5, 0.6) is 0 Å². The summed E-state index contributed by atoms with van der Waals surface area (Å²) in [6.07, 6.45) is -4.40. The zero-order valence-corrected chi connectivity index (χ0v) is 8.22. The number of aliphatic hydroxyl groups excluding tert-OH is 3. The summed E-state index contributed by atoms with van der Waals surface area (Å²) in [5.41, 5.74) is 0. The third-order valence-electron chi connectivity index (χ3n) is 1.34. The van der Waals surface area contributed by atoms with Crippen molar-refractivity contribution in [2.45, 2.75) is 18.3 Å². The molecule has 7 nitrogen and oxygen atoms in total. The van der Waals surface area contributed by atoms with Gasteiger partial charge in [0, 0.05) is 0 Å². The second-order valence-electron chi connectivity index (χ2n) is 2.64. The van der Waals surface area contributed by atoms with Crippen LogP contribution in [-0.4, -0.2) is 61.2 Å². The molecule has 0 amide bonds. The highest BCUT2D eigenvalue weighted by Gasteiger charge is 2.29. The molecule has 3 N–H and O–H groups in total. The average molecular weight is 228 g/mol. The zero-order chi connectivity index (χ0) is 11.4. The first kappa shape index (κ1) is 13.5. The summed E-state index contributed by atoms with van der Waals surface area (Å²) in [5.74, 6) is 0. The summed E-state index contributed by atoms with van der Waals surface area (Å²) in [7, 11) is -3.91. The van der Waals surface area contributed by atoms with E-state index >= 15 is 0 Å². The number of carbonyl (C=O) groups excluding carboxylic acids is 1. The number of aldehydes is 1. The van der Waals surface area contributed by atoms with Crippen molar-refractivity contribution in [3.8, 4) is 0 Å². The fourth-order valence-corrected chi connectivity index (χ4v) is 1.25. The van der Waals surface area contributed by atoms with Gasteiger partial charge in [-0.25, -0.2) is 0 Å². The number of carbonyl (C=O) groups is 1. The van der Waals surface area contributed by atoms with Crippen LogP contribution in [0.2, 0.25) is 0 Å². The largest absolute Gasteiger partial charge is 0.394 e. The van der Waals surface area contributed by atoms with Crippen LogP contribution in [0.25, 0.3) is 0 Å². The molecule has 0 bridgehead atoms. The summed E-state index contributed by atoms with van der Waals surface area (Å²) in [4.78, 5) is 10.3. The van der Waals surface area contributed by atoms with Crippen molar-refractivity contribution in [2.75, 3.05) is 12.9 Å². The van der Waals surface area contributed by atoms with E-state index in [2.05, 4.69) is 4.18 Å². The van der Waals surface area contributed by atoms with Gasteiger partial charge >= 0.3 is 0 Å². The first-order chi connectivity index (χ1) is 6.31. The molecular formula is C6H12O7S. The molecule has 0 spiro atoms. The Morgan fingerprint density at radius 2 is 1.93 bits per heavy atom. The molecular weight excluding hydrogens is 216 g/mol. The van der Waals surface area contributed by atoms with E-state index in [1.54, 1.807) is 0 Å². The van der Waals surface area contributed by atoms with Crippen LogP contribution in [0.1, 0.15) is 0 Å². The molecule has 14 heavy (non-hydrogen) atoms. The lowest BCUT2D eigenvalue weighted by Gasteiger charge is -2.20. The topological polar surface area (TPSA) is 121 Å². The Morgan fingerprint density at radius 3 is 2.21 bits per heavy atom. The Balaban J connectivity index is 4.49. The Bertz CT molecular complexity index is 272. The lowest BCUT2D eigenvalue weighted by atomic mass is 10.1. The molecule has 0 aromatic carbocycles. The predicted molar refractivity (Wildman–Crippen MR) is 44.9 cm³/mol. The molecule has 0 aromatic rings. The van der Waals surface area contributed by atoms with E-state index in [-0.39, 0.29) is 6.29 Å². The van der Waals surface area contributed by atoms with E-state index < -0.39 is 35.0 Å². The standard InChI is InChI=1S/C6H12O7S/c1-14(11,12)13-5(3-8)6(10)4(9)2-7/h3-7,9-10H,2H2,1H3/t4-,5+,6-/m0/s1.